The molecule has 0 N–H and O–H groups in total. The number of rotatable bonds is 4. The summed E-state index contributed by atoms with van der Waals surface area (Å²) in [4.78, 5) is 4.13. The molecule has 0 amide bonds. The van der Waals surface area contributed by atoms with Gasteiger partial charge >= 0.3 is 0 Å². The molecule has 0 aliphatic carbocycles. The number of hydrogen-bond donors (Lipinski definition) is 0. The van der Waals surface area contributed by atoms with Crippen molar-refractivity contribution in [2.75, 3.05) is 0 Å². The minimum absolute atomic E-state index is 0.745. The van der Waals surface area contributed by atoms with Crippen molar-refractivity contribution in [2.45, 2.75) is 10.8 Å². The molecule has 1 aromatic carbocycles. The van der Waals surface area contributed by atoms with Crippen molar-refractivity contribution in [3.05, 3.63) is 72.6 Å². The summed E-state index contributed by atoms with van der Waals surface area (Å²) in [6, 6.07) is 17.9. The van der Waals surface area contributed by atoms with E-state index in [0.29, 0.717) is 0 Å². The zero-order valence-electron chi connectivity index (χ0n) is 12.2. The van der Waals surface area contributed by atoms with Crippen LogP contribution in [0.1, 0.15) is 5.56 Å². The smallest absolute Gasteiger partial charge is 0.185 e. The molecule has 4 aromatic rings. The van der Waals surface area contributed by atoms with Gasteiger partial charge in [-0.25, -0.2) is 0 Å². The summed E-state index contributed by atoms with van der Waals surface area (Å²) < 4.78 is 1.79. The fourth-order valence-corrected chi connectivity index (χ4v) is 3.05. The first-order valence-corrected chi connectivity index (χ1v) is 8.18. The van der Waals surface area contributed by atoms with E-state index in [-0.39, 0.29) is 0 Å². The lowest BCUT2D eigenvalue weighted by Crippen LogP contribution is -1.96. The van der Waals surface area contributed by atoms with E-state index in [1.807, 2.05) is 54.7 Å². The minimum atomic E-state index is 0.745. The molecule has 0 unspecified atom stereocenters. The van der Waals surface area contributed by atoms with Gasteiger partial charge in [0.15, 0.2) is 11.5 Å². The molecule has 0 atom stereocenters. The van der Waals surface area contributed by atoms with Crippen molar-refractivity contribution in [1.82, 2.24) is 24.8 Å². The Morgan fingerprint density at radius 3 is 2.65 bits per heavy atom. The van der Waals surface area contributed by atoms with Gasteiger partial charge < -0.3 is 0 Å². The van der Waals surface area contributed by atoms with Crippen molar-refractivity contribution < 1.29 is 0 Å². The maximum absolute atomic E-state index is 4.66. The van der Waals surface area contributed by atoms with E-state index in [9.17, 15) is 0 Å². The molecule has 0 radical (unpaired) electrons. The third-order valence-electron chi connectivity index (χ3n) is 3.38. The molecular formula is C17H13N5S. The molecule has 0 fully saturated rings. The average Bonchev–Trinajstić information content (AvgIpc) is 3.05. The normalized spacial score (nSPS) is 11.0. The van der Waals surface area contributed by atoms with Crippen LogP contribution in [0.3, 0.4) is 0 Å². The molecule has 0 bridgehead atoms. The zero-order chi connectivity index (χ0) is 15.5. The number of benzene rings is 1. The predicted octanol–water partition coefficient (Wildman–Crippen LogP) is 3.48. The van der Waals surface area contributed by atoms with Crippen molar-refractivity contribution in [3.63, 3.8) is 0 Å². The molecule has 5 nitrogen and oxygen atoms in total. The lowest BCUT2D eigenvalue weighted by molar-refractivity contribution is 0.860. The van der Waals surface area contributed by atoms with Crippen molar-refractivity contribution >= 4 is 17.4 Å². The summed E-state index contributed by atoms with van der Waals surface area (Å²) in [5.41, 5.74) is 2.92. The summed E-state index contributed by atoms with van der Waals surface area (Å²) in [6.07, 6.45) is 3.65. The van der Waals surface area contributed by atoms with Gasteiger partial charge in [-0.15, -0.1) is 10.2 Å². The van der Waals surface area contributed by atoms with Gasteiger partial charge in [0.2, 0.25) is 0 Å². The molecule has 6 heteroatoms. The van der Waals surface area contributed by atoms with Gasteiger partial charge in [-0.3, -0.25) is 4.98 Å². The lowest BCUT2D eigenvalue weighted by Gasteiger charge is -2.03. The molecular weight excluding hydrogens is 306 g/mol. The average molecular weight is 319 g/mol. The third-order valence-corrected chi connectivity index (χ3v) is 4.37. The minimum Gasteiger partial charge on any atom is -0.264 e. The largest absolute Gasteiger partial charge is 0.264 e. The maximum atomic E-state index is 4.66. The fraction of sp³-hybridized carbons (Fsp3) is 0.0588. The van der Waals surface area contributed by atoms with Crippen molar-refractivity contribution in [1.29, 1.82) is 0 Å². The monoisotopic (exact) mass is 319 g/mol. The molecule has 0 saturated carbocycles. The van der Waals surface area contributed by atoms with E-state index < -0.39 is 0 Å². The molecule has 3 heterocycles. The van der Waals surface area contributed by atoms with Crippen LogP contribution in [-0.4, -0.2) is 24.8 Å². The Bertz CT molecular complexity index is 922. The van der Waals surface area contributed by atoms with Crippen molar-refractivity contribution in [2.24, 2.45) is 0 Å². The van der Waals surface area contributed by atoms with E-state index in [1.54, 1.807) is 22.5 Å². The number of pyridine rings is 1. The van der Waals surface area contributed by atoms with Crippen LogP contribution < -0.4 is 0 Å². The van der Waals surface area contributed by atoms with Gasteiger partial charge in [0.1, 0.15) is 5.03 Å². The first-order valence-electron chi connectivity index (χ1n) is 7.20. The third kappa shape index (κ3) is 2.93. The second-order valence-electron chi connectivity index (χ2n) is 4.98. The summed E-state index contributed by atoms with van der Waals surface area (Å²) in [6.45, 7) is 0. The van der Waals surface area contributed by atoms with E-state index >= 15 is 0 Å². The SMILES string of the molecule is c1ccc(-c2nnc3ccc(SCc4cccnc4)nn23)cc1. The Balaban J connectivity index is 1.65. The molecule has 0 aliphatic heterocycles. The fourth-order valence-electron chi connectivity index (χ4n) is 2.26. The summed E-state index contributed by atoms with van der Waals surface area (Å²) in [5.74, 6) is 1.58. The van der Waals surface area contributed by atoms with Gasteiger partial charge in [-0.1, -0.05) is 48.2 Å². The lowest BCUT2D eigenvalue weighted by atomic mass is 10.2. The molecule has 4 rings (SSSR count). The second-order valence-corrected chi connectivity index (χ2v) is 5.98. The Morgan fingerprint density at radius 2 is 1.83 bits per heavy atom. The highest BCUT2D eigenvalue weighted by molar-refractivity contribution is 7.98. The quantitative estimate of drug-likeness (QED) is 0.539. The first kappa shape index (κ1) is 13.9. The van der Waals surface area contributed by atoms with Gasteiger partial charge in [0.25, 0.3) is 0 Å². The predicted molar refractivity (Wildman–Crippen MR) is 90.0 cm³/mol. The number of thioether (sulfide) groups is 1. The van der Waals surface area contributed by atoms with Crippen LogP contribution >= 0.6 is 11.8 Å². The van der Waals surface area contributed by atoms with Crippen LogP contribution in [0, 0.1) is 0 Å². The highest BCUT2D eigenvalue weighted by Gasteiger charge is 2.09. The molecule has 0 spiro atoms. The van der Waals surface area contributed by atoms with Crippen LogP contribution in [0.25, 0.3) is 17.0 Å². The molecule has 112 valence electrons. The topological polar surface area (TPSA) is 56.0 Å². The van der Waals surface area contributed by atoms with Crippen LogP contribution in [0.15, 0.2) is 72.0 Å². The summed E-state index contributed by atoms with van der Waals surface area (Å²) >= 11 is 1.67. The molecule has 23 heavy (non-hydrogen) atoms. The Morgan fingerprint density at radius 1 is 0.913 bits per heavy atom. The van der Waals surface area contributed by atoms with E-state index in [0.717, 1.165) is 27.8 Å². The highest BCUT2D eigenvalue weighted by Crippen LogP contribution is 2.22. The maximum Gasteiger partial charge on any atom is 0.185 e. The summed E-state index contributed by atoms with van der Waals surface area (Å²) in [5, 5.41) is 14.0. The van der Waals surface area contributed by atoms with Gasteiger partial charge in [0, 0.05) is 23.7 Å². The second kappa shape index (κ2) is 6.18. The molecule has 0 aliphatic rings. The molecule has 0 saturated heterocycles. The standard InChI is InChI=1S/C17H13N5S/c1-2-6-14(7-3-1)17-20-19-15-8-9-16(21-22(15)17)23-12-13-5-4-10-18-11-13/h1-11H,12H2. The van der Waals surface area contributed by atoms with Crippen molar-refractivity contribution in [3.8, 4) is 11.4 Å². The van der Waals surface area contributed by atoms with Gasteiger partial charge in [0.05, 0.1) is 0 Å². The zero-order valence-corrected chi connectivity index (χ0v) is 13.0. The number of hydrogen-bond acceptors (Lipinski definition) is 5. The Kier molecular flexibility index (Phi) is 3.73. The number of nitrogens with zero attached hydrogens (tertiary/aromatic N) is 5. The first-order chi connectivity index (χ1) is 11.4. The van der Waals surface area contributed by atoms with Crippen LogP contribution in [0.5, 0.6) is 0 Å². The van der Waals surface area contributed by atoms with Gasteiger partial charge in [-0.05, 0) is 23.8 Å². The van der Waals surface area contributed by atoms with Crippen LogP contribution in [-0.2, 0) is 5.75 Å². The van der Waals surface area contributed by atoms with E-state index in [1.165, 1.54) is 5.56 Å². The molecule has 3 aromatic heterocycles. The van der Waals surface area contributed by atoms with Crippen LogP contribution in [0.2, 0.25) is 0 Å². The number of fused-ring (bicyclic) bond motifs is 1. The Hall–Kier alpha value is -2.73. The Labute approximate surface area is 137 Å². The van der Waals surface area contributed by atoms with E-state index in [2.05, 4.69) is 26.3 Å². The van der Waals surface area contributed by atoms with E-state index in [4.69, 9.17) is 0 Å². The summed E-state index contributed by atoms with van der Waals surface area (Å²) in [7, 11) is 0. The van der Waals surface area contributed by atoms with Crippen LogP contribution in [0.4, 0.5) is 0 Å². The van der Waals surface area contributed by atoms with Gasteiger partial charge in [-0.2, -0.15) is 9.61 Å². The highest BCUT2D eigenvalue weighted by atomic mass is 32.2. The number of aromatic nitrogens is 5.